The molecule has 0 N–H and O–H groups in total. The molecule has 1 aliphatic heterocycles. The molecule has 2 fully saturated rings. The summed E-state index contributed by atoms with van der Waals surface area (Å²) in [5, 5.41) is 8.22. The van der Waals surface area contributed by atoms with E-state index in [9.17, 15) is 4.79 Å². The Bertz CT molecular complexity index is 729. The van der Waals surface area contributed by atoms with E-state index in [-0.39, 0.29) is 5.92 Å². The van der Waals surface area contributed by atoms with Crippen molar-refractivity contribution >= 4 is 22.9 Å². The molecule has 0 radical (unpaired) electrons. The first-order valence-corrected chi connectivity index (χ1v) is 8.78. The van der Waals surface area contributed by atoms with Gasteiger partial charge in [0, 0.05) is 39.1 Å². The van der Waals surface area contributed by atoms with E-state index in [2.05, 4.69) is 25.2 Å². The predicted octanol–water partition coefficient (Wildman–Crippen LogP) is 0.987. The van der Waals surface area contributed by atoms with E-state index in [4.69, 9.17) is 0 Å². The molecule has 0 atom stereocenters. The molecule has 24 heavy (non-hydrogen) atoms. The van der Waals surface area contributed by atoms with Gasteiger partial charge in [0.25, 0.3) is 0 Å². The first-order valence-electron chi connectivity index (χ1n) is 8.78. The molecule has 0 bridgehead atoms. The van der Waals surface area contributed by atoms with Crippen LogP contribution in [0.2, 0.25) is 0 Å². The van der Waals surface area contributed by atoms with Gasteiger partial charge < -0.3 is 9.80 Å². The third-order valence-corrected chi connectivity index (χ3v) is 5.21. The highest BCUT2D eigenvalue weighted by Gasteiger charge is 2.29. The molecule has 1 saturated heterocycles. The summed E-state index contributed by atoms with van der Waals surface area (Å²) in [4.78, 5) is 25.5. The molecule has 1 amide bonds. The fourth-order valence-corrected chi connectivity index (χ4v) is 3.82. The summed E-state index contributed by atoms with van der Waals surface area (Å²) in [5.74, 6) is 1.41. The average molecular weight is 329 g/mol. The molecule has 2 aliphatic rings. The van der Waals surface area contributed by atoms with Gasteiger partial charge in [-0.1, -0.05) is 24.5 Å². The molecular weight excluding hydrogens is 306 g/mol. The number of nitrogens with zero attached hydrogens (tertiary/aromatic N) is 7. The van der Waals surface area contributed by atoms with Crippen molar-refractivity contribution in [2.75, 3.05) is 31.1 Å². The van der Waals surface area contributed by atoms with E-state index in [0.717, 1.165) is 56.0 Å². The van der Waals surface area contributed by atoms with E-state index in [0.29, 0.717) is 5.91 Å². The zero-order valence-corrected chi connectivity index (χ0v) is 14.1. The van der Waals surface area contributed by atoms with Crippen LogP contribution in [-0.2, 0) is 11.8 Å². The maximum Gasteiger partial charge on any atom is 0.225 e. The zero-order valence-electron chi connectivity index (χ0n) is 14.1. The molecular formula is C16H23N7O. The van der Waals surface area contributed by atoms with E-state index >= 15 is 0 Å². The monoisotopic (exact) mass is 329 g/mol. The molecule has 8 heteroatoms. The van der Waals surface area contributed by atoms with Gasteiger partial charge in [0.1, 0.15) is 6.33 Å². The van der Waals surface area contributed by atoms with E-state index < -0.39 is 0 Å². The Hall–Kier alpha value is -2.25. The van der Waals surface area contributed by atoms with Crippen LogP contribution in [-0.4, -0.2) is 61.9 Å². The lowest BCUT2D eigenvalue weighted by Gasteiger charge is -2.37. The Morgan fingerprint density at radius 3 is 2.58 bits per heavy atom. The van der Waals surface area contributed by atoms with Gasteiger partial charge >= 0.3 is 0 Å². The number of anilines is 1. The van der Waals surface area contributed by atoms with Crippen molar-refractivity contribution in [2.24, 2.45) is 13.0 Å². The molecule has 1 saturated carbocycles. The molecule has 2 aromatic heterocycles. The van der Waals surface area contributed by atoms with Crippen LogP contribution in [0.4, 0.5) is 5.82 Å². The number of carbonyl (C=O) groups is 1. The van der Waals surface area contributed by atoms with Crippen LogP contribution in [0.15, 0.2) is 6.33 Å². The lowest BCUT2D eigenvalue weighted by Crippen LogP contribution is -2.50. The summed E-state index contributed by atoms with van der Waals surface area (Å²) in [7, 11) is 1.83. The van der Waals surface area contributed by atoms with Gasteiger partial charge in [-0.05, 0) is 12.8 Å². The standard InChI is InChI=1S/C16H23N7O/c1-21-14-13(19-20-21)15(18-11-17-14)22-7-9-23(10-8-22)16(24)12-5-3-2-4-6-12/h11-12H,2-10H2,1H3. The Morgan fingerprint density at radius 2 is 1.83 bits per heavy atom. The Balaban J connectivity index is 1.44. The average Bonchev–Trinajstić information content (AvgIpc) is 3.03. The number of hydrogen-bond donors (Lipinski definition) is 0. The minimum Gasteiger partial charge on any atom is -0.351 e. The smallest absolute Gasteiger partial charge is 0.225 e. The number of carbonyl (C=O) groups excluding carboxylic acids is 1. The number of fused-ring (bicyclic) bond motifs is 1. The third kappa shape index (κ3) is 2.70. The number of aromatic nitrogens is 5. The quantitative estimate of drug-likeness (QED) is 0.817. The SMILES string of the molecule is Cn1nnc2c(N3CCN(C(=O)C4CCCCC4)CC3)ncnc21. The minimum atomic E-state index is 0.246. The number of rotatable bonds is 2. The van der Waals surface area contributed by atoms with Crippen molar-refractivity contribution in [1.82, 2.24) is 29.9 Å². The Kier molecular flexibility index (Phi) is 4.03. The van der Waals surface area contributed by atoms with Gasteiger partial charge in [-0.15, -0.1) is 5.10 Å². The van der Waals surface area contributed by atoms with Gasteiger partial charge in [0.2, 0.25) is 5.91 Å². The van der Waals surface area contributed by atoms with Crippen LogP contribution >= 0.6 is 0 Å². The number of aryl methyl sites for hydroxylation is 1. The molecule has 2 aromatic rings. The van der Waals surface area contributed by atoms with E-state index in [1.54, 1.807) is 11.0 Å². The number of hydrogen-bond acceptors (Lipinski definition) is 6. The highest BCUT2D eigenvalue weighted by atomic mass is 16.2. The maximum atomic E-state index is 12.7. The summed E-state index contributed by atoms with van der Waals surface area (Å²) in [5.41, 5.74) is 1.47. The molecule has 1 aliphatic carbocycles. The lowest BCUT2D eigenvalue weighted by atomic mass is 9.88. The van der Waals surface area contributed by atoms with Crippen molar-refractivity contribution in [2.45, 2.75) is 32.1 Å². The lowest BCUT2D eigenvalue weighted by molar-refractivity contribution is -0.136. The minimum absolute atomic E-state index is 0.246. The summed E-state index contributed by atoms with van der Waals surface area (Å²) in [6.07, 6.45) is 7.35. The normalized spacial score (nSPS) is 19.9. The first-order chi connectivity index (χ1) is 11.7. The molecule has 0 spiro atoms. The Labute approximate surface area is 140 Å². The Morgan fingerprint density at radius 1 is 1.08 bits per heavy atom. The van der Waals surface area contributed by atoms with Crippen LogP contribution in [0, 0.1) is 5.92 Å². The zero-order chi connectivity index (χ0) is 16.5. The number of amides is 1. The predicted molar refractivity (Wildman–Crippen MR) is 89.5 cm³/mol. The maximum absolute atomic E-state index is 12.7. The van der Waals surface area contributed by atoms with Gasteiger partial charge in [-0.3, -0.25) is 4.79 Å². The summed E-state index contributed by atoms with van der Waals surface area (Å²) in [6, 6.07) is 0. The van der Waals surface area contributed by atoms with Crippen molar-refractivity contribution in [3.8, 4) is 0 Å². The van der Waals surface area contributed by atoms with Crippen molar-refractivity contribution < 1.29 is 4.79 Å². The first kappa shape index (κ1) is 15.3. The molecule has 8 nitrogen and oxygen atoms in total. The molecule has 4 rings (SSSR count). The second-order valence-corrected chi connectivity index (χ2v) is 6.73. The number of piperazine rings is 1. The van der Waals surface area contributed by atoms with Gasteiger partial charge in [-0.25, -0.2) is 14.6 Å². The van der Waals surface area contributed by atoms with Crippen molar-refractivity contribution in [3.63, 3.8) is 0 Å². The van der Waals surface area contributed by atoms with Crippen LogP contribution in [0.3, 0.4) is 0 Å². The van der Waals surface area contributed by atoms with Crippen LogP contribution in [0.25, 0.3) is 11.2 Å². The highest BCUT2D eigenvalue weighted by molar-refractivity contribution is 5.83. The van der Waals surface area contributed by atoms with Gasteiger partial charge in [0.05, 0.1) is 0 Å². The highest BCUT2D eigenvalue weighted by Crippen LogP contribution is 2.27. The second-order valence-electron chi connectivity index (χ2n) is 6.73. The largest absolute Gasteiger partial charge is 0.351 e. The fraction of sp³-hybridized carbons (Fsp3) is 0.688. The van der Waals surface area contributed by atoms with Crippen LogP contribution in [0.1, 0.15) is 32.1 Å². The topological polar surface area (TPSA) is 80.0 Å². The molecule has 0 unspecified atom stereocenters. The van der Waals surface area contributed by atoms with E-state index in [1.165, 1.54) is 19.3 Å². The van der Waals surface area contributed by atoms with E-state index in [1.807, 2.05) is 11.9 Å². The summed E-state index contributed by atoms with van der Waals surface area (Å²) >= 11 is 0. The molecule has 3 heterocycles. The molecule has 0 aromatic carbocycles. The van der Waals surface area contributed by atoms with Crippen LogP contribution in [0.5, 0.6) is 0 Å². The fourth-order valence-electron chi connectivity index (χ4n) is 3.82. The second kappa shape index (κ2) is 6.33. The molecule has 128 valence electrons. The summed E-state index contributed by atoms with van der Waals surface area (Å²) in [6.45, 7) is 3.06. The van der Waals surface area contributed by atoms with Gasteiger partial charge in [-0.2, -0.15) is 0 Å². The van der Waals surface area contributed by atoms with Crippen molar-refractivity contribution in [1.29, 1.82) is 0 Å². The third-order valence-electron chi connectivity index (χ3n) is 5.21. The summed E-state index contributed by atoms with van der Waals surface area (Å²) < 4.78 is 1.66. The van der Waals surface area contributed by atoms with Crippen molar-refractivity contribution in [3.05, 3.63) is 6.33 Å². The van der Waals surface area contributed by atoms with Crippen LogP contribution < -0.4 is 4.90 Å². The van der Waals surface area contributed by atoms with Gasteiger partial charge in [0.15, 0.2) is 17.0 Å².